The molecule has 1 heterocycles. The molecule has 1 aromatic rings. The number of esters is 2. The standard InChI is InChI=1S/C19H26O4S2/c1-19(2,3)23-18(21)15-9-5-6-10-16(15)22-17(20)11-7-4-8-14-12-13-24-25-14/h5-6,9-10,14H,4,7-8,11-13H2,1-3H3/t14-/m1/s1. The van der Waals surface area contributed by atoms with Crippen molar-refractivity contribution in [3.63, 3.8) is 0 Å². The van der Waals surface area contributed by atoms with Gasteiger partial charge in [0.1, 0.15) is 16.9 Å². The van der Waals surface area contributed by atoms with Crippen LogP contribution in [-0.2, 0) is 9.53 Å². The van der Waals surface area contributed by atoms with E-state index in [9.17, 15) is 9.59 Å². The largest absolute Gasteiger partial charge is 0.456 e. The summed E-state index contributed by atoms with van der Waals surface area (Å²) in [5.74, 6) is 0.722. The second-order valence-corrected chi connectivity index (χ2v) is 9.83. The van der Waals surface area contributed by atoms with Gasteiger partial charge in [-0.3, -0.25) is 4.79 Å². The molecule has 0 aromatic heterocycles. The van der Waals surface area contributed by atoms with E-state index < -0.39 is 11.6 Å². The van der Waals surface area contributed by atoms with Gasteiger partial charge in [-0.15, -0.1) is 0 Å². The molecule has 2 rings (SSSR count). The minimum atomic E-state index is -0.593. The maximum absolute atomic E-state index is 12.3. The number of rotatable bonds is 7. The third-order valence-corrected chi connectivity index (χ3v) is 6.62. The van der Waals surface area contributed by atoms with E-state index in [1.807, 2.05) is 21.6 Å². The third kappa shape index (κ3) is 7.32. The van der Waals surface area contributed by atoms with E-state index >= 15 is 0 Å². The van der Waals surface area contributed by atoms with E-state index in [4.69, 9.17) is 9.47 Å². The molecular weight excluding hydrogens is 356 g/mol. The van der Waals surface area contributed by atoms with Crippen LogP contribution in [0.2, 0.25) is 0 Å². The van der Waals surface area contributed by atoms with Crippen molar-refractivity contribution < 1.29 is 19.1 Å². The first-order valence-electron chi connectivity index (χ1n) is 8.66. The summed E-state index contributed by atoms with van der Waals surface area (Å²) in [5.41, 5.74) is -0.310. The van der Waals surface area contributed by atoms with E-state index in [0.29, 0.717) is 6.42 Å². The van der Waals surface area contributed by atoms with Crippen molar-refractivity contribution >= 4 is 33.5 Å². The van der Waals surface area contributed by atoms with Crippen LogP contribution < -0.4 is 4.74 Å². The summed E-state index contributed by atoms with van der Waals surface area (Å²) in [6.07, 6.45) is 4.63. The number of carbonyl (C=O) groups excluding carboxylic acids is 2. The molecule has 0 amide bonds. The zero-order valence-corrected chi connectivity index (χ0v) is 16.7. The number of unbranched alkanes of at least 4 members (excludes halogenated alkanes) is 1. The highest BCUT2D eigenvalue weighted by Crippen LogP contribution is 2.39. The van der Waals surface area contributed by atoms with Crippen LogP contribution in [0.4, 0.5) is 0 Å². The van der Waals surface area contributed by atoms with E-state index in [1.165, 1.54) is 12.2 Å². The smallest absolute Gasteiger partial charge is 0.342 e. The molecule has 1 aliphatic heterocycles. The molecule has 0 N–H and O–H groups in total. The molecule has 25 heavy (non-hydrogen) atoms. The van der Waals surface area contributed by atoms with Crippen molar-refractivity contribution in [1.82, 2.24) is 0 Å². The molecule has 138 valence electrons. The van der Waals surface area contributed by atoms with E-state index in [-0.39, 0.29) is 17.3 Å². The summed E-state index contributed by atoms with van der Waals surface area (Å²) in [6, 6.07) is 6.72. The summed E-state index contributed by atoms with van der Waals surface area (Å²) in [6.45, 7) is 5.42. The Hall–Kier alpha value is -1.14. The Morgan fingerprint density at radius 3 is 2.64 bits per heavy atom. The summed E-state index contributed by atoms with van der Waals surface area (Å²) in [5, 5.41) is 0.730. The molecule has 1 atom stereocenters. The van der Waals surface area contributed by atoms with Crippen molar-refractivity contribution in [3.8, 4) is 5.75 Å². The molecular formula is C19H26O4S2. The van der Waals surface area contributed by atoms with Crippen molar-refractivity contribution in [2.24, 2.45) is 0 Å². The van der Waals surface area contributed by atoms with Gasteiger partial charge in [0.25, 0.3) is 0 Å². The van der Waals surface area contributed by atoms with Crippen molar-refractivity contribution in [1.29, 1.82) is 0 Å². The molecule has 1 aromatic carbocycles. The molecule has 1 aliphatic rings. The van der Waals surface area contributed by atoms with Gasteiger partial charge in [0.05, 0.1) is 0 Å². The average molecular weight is 383 g/mol. The van der Waals surface area contributed by atoms with Gasteiger partial charge < -0.3 is 9.47 Å². The first-order valence-corrected chi connectivity index (χ1v) is 11.0. The lowest BCUT2D eigenvalue weighted by molar-refractivity contribution is -0.134. The average Bonchev–Trinajstić information content (AvgIpc) is 3.04. The van der Waals surface area contributed by atoms with Crippen LogP contribution in [0.3, 0.4) is 0 Å². The minimum absolute atomic E-state index is 0.268. The second kappa shape index (κ2) is 9.53. The number of benzene rings is 1. The van der Waals surface area contributed by atoms with Gasteiger partial charge in [-0.1, -0.05) is 40.1 Å². The zero-order valence-electron chi connectivity index (χ0n) is 15.1. The monoisotopic (exact) mass is 382 g/mol. The van der Waals surface area contributed by atoms with Crippen LogP contribution in [0.1, 0.15) is 63.2 Å². The van der Waals surface area contributed by atoms with Crippen LogP contribution in [0, 0.1) is 0 Å². The van der Waals surface area contributed by atoms with Crippen LogP contribution in [-0.4, -0.2) is 28.5 Å². The minimum Gasteiger partial charge on any atom is -0.456 e. The van der Waals surface area contributed by atoms with Crippen LogP contribution >= 0.6 is 21.6 Å². The molecule has 0 saturated carbocycles. The van der Waals surface area contributed by atoms with Gasteiger partial charge in [-0.05, 0) is 52.2 Å². The van der Waals surface area contributed by atoms with E-state index in [1.54, 1.807) is 45.0 Å². The predicted octanol–water partition coefficient (Wildman–Crippen LogP) is 5.26. The number of ether oxygens (including phenoxy) is 2. The summed E-state index contributed by atoms with van der Waals surface area (Å²) in [7, 11) is 3.90. The maximum atomic E-state index is 12.3. The summed E-state index contributed by atoms with van der Waals surface area (Å²) < 4.78 is 10.8. The second-order valence-electron chi connectivity index (χ2n) is 7.05. The van der Waals surface area contributed by atoms with Gasteiger partial charge in [0, 0.05) is 17.4 Å². The molecule has 4 nitrogen and oxygen atoms in total. The summed E-state index contributed by atoms with van der Waals surface area (Å²) >= 11 is 0. The molecule has 1 saturated heterocycles. The van der Waals surface area contributed by atoms with Gasteiger partial charge in [-0.2, -0.15) is 0 Å². The highest BCUT2D eigenvalue weighted by atomic mass is 33.1. The van der Waals surface area contributed by atoms with E-state index in [0.717, 1.165) is 24.5 Å². The lowest BCUT2D eigenvalue weighted by atomic mass is 10.1. The Balaban J connectivity index is 1.82. The van der Waals surface area contributed by atoms with Gasteiger partial charge in [0.15, 0.2) is 0 Å². The van der Waals surface area contributed by atoms with E-state index in [2.05, 4.69) is 0 Å². The van der Waals surface area contributed by atoms with Gasteiger partial charge >= 0.3 is 11.9 Å². The Bertz CT molecular complexity index is 589. The van der Waals surface area contributed by atoms with Gasteiger partial charge in [-0.25, -0.2) is 4.79 Å². The molecule has 0 radical (unpaired) electrons. The van der Waals surface area contributed by atoms with Gasteiger partial charge in [0.2, 0.25) is 0 Å². The fraction of sp³-hybridized carbons (Fsp3) is 0.579. The number of carbonyl (C=O) groups is 2. The molecule has 0 unspecified atom stereocenters. The Morgan fingerprint density at radius 2 is 1.96 bits per heavy atom. The Morgan fingerprint density at radius 1 is 1.20 bits per heavy atom. The molecule has 0 aliphatic carbocycles. The van der Waals surface area contributed by atoms with Crippen LogP contribution in [0.15, 0.2) is 24.3 Å². The Kier molecular flexibility index (Phi) is 7.69. The summed E-state index contributed by atoms with van der Waals surface area (Å²) in [4.78, 5) is 24.3. The molecule has 1 fully saturated rings. The van der Waals surface area contributed by atoms with Crippen LogP contribution in [0.5, 0.6) is 5.75 Å². The SMILES string of the molecule is CC(C)(C)OC(=O)c1ccccc1OC(=O)CCCC[C@@H]1CCSS1. The fourth-order valence-electron chi connectivity index (χ4n) is 2.44. The predicted molar refractivity (Wildman–Crippen MR) is 104 cm³/mol. The molecule has 6 heteroatoms. The molecule has 0 spiro atoms. The lowest BCUT2D eigenvalue weighted by Crippen LogP contribution is -2.24. The highest BCUT2D eigenvalue weighted by molar-refractivity contribution is 8.77. The quantitative estimate of drug-likeness (QED) is 0.277. The van der Waals surface area contributed by atoms with Crippen molar-refractivity contribution in [2.75, 3.05) is 5.75 Å². The number of hydrogen-bond donors (Lipinski definition) is 0. The lowest BCUT2D eigenvalue weighted by Gasteiger charge is -2.20. The maximum Gasteiger partial charge on any atom is 0.342 e. The highest BCUT2D eigenvalue weighted by Gasteiger charge is 2.22. The fourth-order valence-corrected chi connectivity index (χ4v) is 5.46. The zero-order chi connectivity index (χ0) is 18.3. The Labute approximate surface area is 157 Å². The van der Waals surface area contributed by atoms with Crippen molar-refractivity contribution in [3.05, 3.63) is 29.8 Å². The third-order valence-electron chi connectivity index (χ3n) is 3.61. The number of hydrogen-bond acceptors (Lipinski definition) is 6. The van der Waals surface area contributed by atoms with Crippen molar-refractivity contribution in [2.45, 2.75) is 63.7 Å². The first-order chi connectivity index (χ1) is 11.8. The first kappa shape index (κ1) is 20.2. The molecule has 0 bridgehead atoms. The normalized spacial score (nSPS) is 17.3. The number of para-hydroxylation sites is 1. The van der Waals surface area contributed by atoms with Crippen LogP contribution in [0.25, 0.3) is 0 Å². The topological polar surface area (TPSA) is 52.6 Å².